The zero-order valence-electron chi connectivity index (χ0n) is 12.9. The fourth-order valence-corrected chi connectivity index (χ4v) is 2.05. The molecule has 1 unspecified atom stereocenters. The number of amides is 1. The molecule has 22 heavy (non-hydrogen) atoms. The van der Waals surface area contributed by atoms with E-state index in [9.17, 15) is 22.8 Å². The average molecular weight is 327 g/mol. The number of hydrogen-bond donors (Lipinski definition) is 1. The minimum absolute atomic E-state index is 0.255. The zero-order chi connectivity index (χ0) is 17.3. The smallest absolute Gasteiger partial charge is 0.414 e. The molecule has 1 N–H and O–H groups in total. The van der Waals surface area contributed by atoms with Gasteiger partial charge in [0.2, 0.25) is 0 Å². The van der Waals surface area contributed by atoms with Crippen LogP contribution in [-0.2, 0) is 14.3 Å². The lowest BCUT2D eigenvalue weighted by molar-refractivity contribution is -0.268. The van der Waals surface area contributed by atoms with Crippen molar-refractivity contribution in [3.63, 3.8) is 0 Å². The molecule has 9 heteroatoms. The molecule has 1 rings (SSSR count). The van der Waals surface area contributed by atoms with Gasteiger partial charge in [-0.05, 0) is 27.7 Å². The van der Waals surface area contributed by atoms with Gasteiger partial charge in [-0.25, -0.2) is 4.79 Å². The van der Waals surface area contributed by atoms with E-state index in [1.54, 1.807) is 20.8 Å². The molecule has 0 aromatic rings. The van der Waals surface area contributed by atoms with Gasteiger partial charge in [-0.2, -0.15) is 13.2 Å². The van der Waals surface area contributed by atoms with Gasteiger partial charge in [0.05, 0.1) is 19.5 Å². The highest BCUT2D eigenvalue weighted by Crippen LogP contribution is 2.35. The van der Waals surface area contributed by atoms with E-state index in [4.69, 9.17) is 14.6 Å². The molecule has 6 nitrogen and oxygen atoms in total. The van der Waals surface area contributed by atoms with Crippen LogP contribution in [0.5, 0.6) is 0 Å². The number of rotatable bonds is 4. The summed E-state index contributed by atoms with van der Waals surface area (Å²) in [5.41, 5.74) is -2.29. The second-order valence-corrected chi connectivity index (χ2v) is 6.39. The number of aliphatic carboxylic acids is 1. The van der Waals surface area contributed by atoms with E-state index >= 15 is 0 Å². The van der Waals surface area contributed by atoms with Crippen LogP contribution in [-0.4, -0.2) is 58.6 Å². The van der Waals surface area contributed by atoms with Crippen molar-refractivity contribution in [3.05, 3.63) is 0 Å². The van der Waals surface area contributed by atoms with E-state index in [1.165, 1.54) is 0 Å². The highest BCUT2D eigenvalue weighted by atomic mass is 19.4. The summed E-state index contributed by atoms with van der Waals surface area (Å²) < 4.78 is 47.7. The normalized spacial score (nSPS) is 19.3. The van der Waals surface area contributed by atoms with Crippen molar-refractivity contribution in [1.29, 1.82) is 0 Å². The van der Waals surface area contributed by atoms with Crippen LogP contribution in [0.1, 0.15) is 34.1 Å². The topological polar surface area (TPSA) is 76.1 Å². The lowest BCUT2D eigenvalue weighted by Crippen LogP contribution is -2.67. The molecule has 1 amide bonds. The maximum absolute atomic E-state index is 12.6. The molecule has 0 aliphatic carbocycles. The number of carbonyl (C=O) groups is 2. The second-order valence-electron chi connectivity index (χ2n) is 6.39. The fourth-order valence-electron chi connectivity index (χ4n) is 2.05. The Morgan fingerprint density at radius 3 is 2.14 bits per heavy atom. The van der Waals surface area contributed by atoms with Crippen LogP contribution in [0, 0.1) is 0 Å². The summed E-state index contributed by atoms with van der Waals surface area (Å²) in [5, 5.41) is 8.85. The van der Waals surface area contributed by atoms with Gasteiger partial charge >= 0.3 is 18.2 Å². The van der Waals surface area contributed by atoms with Gasteiger partial charge in [-0.3, -0.25) is 4.79 Å². The summed E-state index contributed by atoms with van der Waals surface area (Å²) in [6, 6.07) is 0. The Bertz CT molecular complexity index is 438. The van der Waals surface area contributed by atoms with Crippen LogP contribution in [0.4, 0.5) is 18.0 Å². The number of carboxylic acids is 1. The zero-order valence-corrected chi connectivity index (χ0v) is 12.9. The van der Waals surface area contributed by atoms with Crippen molar-refractivity contribution in [2.45, 2.75) is 57.6 Å². The molecule has 1 fully saturated rings. The second kappa shape index (κ2) is 5.94. The number of halogens is 3. The molecule has 0 aromatic heterocycles. The van der Waals surface area contributed by atoms with E-state index in [0.29, 0.717) is 0 Å². The summed E-state index contributed by atoms with van der Waals surface area (Å²) in [7, 11) is 0. The van der Waals surface area contributed by atoms with E-state index in [-0.39, 0.29) is 13.1 Å². The van der Waals surface area contributed by atoms with Crippen LogP contribution in [0.25, 0.3) is 0 Å². The molecule has 0 bridgehead atoms. The Kier molecular flexibility index (Phi) is 5.01. The van der Waals surface area contributed by atoms with Crippen molar-refractivity contribution in [1.82, 2.24) is 4.90 Å². The van der Waals surface area contributed by atoms with Crippen molar-refractivity contribution in [2.24, 2.45) is 0 Å². The molecule has 1 atom stereocenters. The monoisotopic (exact) mass is 327 g/mol. The first-order chi connectivity index (χ1) is 9.74. The fraction of sp³-hybridized carbons (Fsp3) is 0.846. The predicted octanol–water partition coefficient (Wildman–Crippen LogP) is 2.42. The third-order valence-corrected chi connectivity index (χ3v) is 2.97. The Morgan fingerprint density at radius 1 is 1.27 bits per heavy atom. The molecule has 128 valence electrons. The van der Waals surface area contributed by atoms with Crippen molar-refractivity contribution in [3.8, 4) is 0 Å². The number of hydrogen-bond acceptors (Lipinski definition) is 4. The number of likely N-dealkylation sites (tertiary alicyclic amines) is 1. The van der Waals surface area contributed by atoms with Crippen molar-refractivity contribution in [2.75, 3.05) is 13.1 Å². The predicted molar refractivity (Wildman–Crippen MR) is 69.4 cm³/mol. The molecule has 1 aliphatic heterocycles. The lowest BCUT2D eigenvalue weighted by Gasteiger charge is -2.49. The maximum Gasteiger partial charge on any atom is 0.414 e. The molecular formula is C13H20F3NO5. The lowest BCUT2D eigenvalue weighted by atomic mass is 9.90. The maximum atomic E-state index is 12.6. The standard InChI is InChI=1S/C13H20F3NO5/c1-8(13(14,15)16)21-12(5-9(18)19)6-17(7-12)10(20)22-11(2,3)4/h8H,5-7H2,1-4H3,(H,18,19). The quantitative estimate of drug-likeness (QED) is 0.858. The molecule has 0 saturated carbocycles. The third-order valence-electron chi connectivity index (χ3n) is 2.97. The van der Waals surface area contributed by atoms with E-state index in [0.717, 1.165) is 11.8 Å². The molecule has 1 heterocycles. The molecule has 1 aliphatic rings. The van der Waals surface area contributed by atoms with Crippen LogP contribution < -0.4 is 0 Å². The number of ether oxygens (including phenoxy) is 2. The molecule has 0 aromatic carbocycles. The van der Waals surface area contributed by atoms with Gasteiger partial charge in [0.25, 0.3) is 0 Å². The number of nitrogens with zero attached hydrogens (tertiary/aromatic N) is 1. The van der Waals surface area contributed by atoms with Crippen LogP contribution in [0.15, 0.2) is 0 Å². The minimum Gasteiger partial charge on any atom is -0.481 e. The summed E-state index contributed by atoms with van der Waals surface area (Å²) >= 11 is 0. The Labute approximate surface area is 126 Å². The Balaban J connectivity index is 2.71. The first-order valence-electron chi connectivity index (χ1n) is 6.68. The Hall–Kier alpha value is -1.51. The SMILES string of the molecule is CC(OC1(CC(=O)O)CN(C(=O)OC(C)(C)C)C1)C(F)(F)F. The number of carbonyl (C=O) groups excluding carboxylic acids is 1. The van der Waals surface area contributed by atoms with Crippen molar-refractivity contribution >= 4 is 12.1 Å². The molecule has 0 radical (unpaired) electrons. The van der Waals surface area contributed by atoms with Crippen LogP contribution >= 0.6 is 0 Å². The van der Waals surface area contributed by atoms with Gasteiger partial charge < -0.3 is 19.5 Å². The summed E-state index contributed by atoms with van der Waals surface area (Å²) in [6.45, 7) is 5.25. The van der Waals surface area contributed by atoms with Crippen LogP contribution in [0.3, 0.4) is 0 Å². The largest absolute Gasteiger partial charge is 0.481 e. The molecular weight excluding hydrogens is 307 g/mol. The Morgan fingerprint density at radius 2 is 1.77 bits per heavy atom. The average Bonchev–Trinajstić information content (AvgIpc) is 2.19. The van der Waals surface area contributed by atoms with E-state index in [1.807, 2.05) is 0 Å². The van der Waals surface area contributed by atoms with Gasteiger partial charge in [0, 0.05) is 0 Å². The van der Waals surface area contributed by atoms with Crippen molar-refractivity contribution < 1.29 is 37.3 Å². The molecule has 0 spiro atoms. The highest BCUT2D eigenvalue weighted by molar-refractivity contribution is 5.72. The van der Waals surface area contributed by atoms with Gasteiger partial charge in [-0.15, -0.1) is 0 Å². The van der Waals surface area contributed by atoms with Gasteiger partial charge in [-0.1, -0.05) is 0 Å². The molecule has 1 saturated heterocycles. The van der Waals surface area contributed by atoms with E-state index < -0.39 is 42.0 Å². The minimum atomic E-state index is -4.60. The highest BCUT2D eigenvalue weighted by Gasteiger charge is 2.53. The first kappa shape index (κ1) is 18.5. The third kappa shape index (κ3) is 5.04. The first-order valence-corrected chi connectivity index (χ1v) is 6.68. The summed E-state index contributed by atoms with van der Waals surface area (Å²) in [6.07, 6.45) is -8.05. The number of carboxylic acid groups (broad SMARTS) is 1. The van der Waals surface area contributed by atoms with Gasteiger partial charge in [0.15, 0.2) is 6.10 Å². The van der Waals surface area contributed by atoms with Gasteiger partial charge in [0.1, 0.15) is 11.2 Å². The van der Waals surface area contributed by atoms with E-state index in [2.05, 4.69) is 0 Å². The van der Waals surface area contributed by atoms with Crippen LogP contribution in [0.2, 0.25) is 0 Å². The summed E-state index contributed by atoms with van der Waals surface area (Å²) in [5.74, 6) is -1.29. The number of alkyl halides is 3. The summed E-state index contributed by atoms with van der Waals surface area (Å²) in [4.78, 5) is 23.7.